The predicted molar refractivity (Wildman–Crippen MR) is 128 cm³/mol. The van der Waals surface area contributed by atoms with Crippen molar-refractivity contribution < 1.29 is 32.7 Å². The largest absolute Gasteiger partial charge is 0.495 e. The quantitative estimate of drug-likeness (QED) is 0.203. The number of carboxylic acid groups (broad SMARTS) is 1. The van der Waals surface area contributed by atoms with Gasteiger partial charge in [-0.3, -0.25) is 20.3 Å². The number of ether oxygens (including phenoxy) is 2. The number of nitro groups is 1. The summed E-state index contributed by atoms with van der Waals surface area (Å²) in [5.41, 5.74) is 2.64. The SMILES string of the molecule is COc1ccccc1NS(=O)(=O)c1cc([N+](=O)[O-])ccc1N/N=C/c1ccccc1OCC(=O)O. The van der Waals surface area contributed by atoms with Crippen LogP contribution in [0.2, 0.25) is 0 Å². The minimum Gasteiger partial charge on any atom is -0.495 e. The molecule has 0 fully saturated rings. The van der Waals surface area contributed by atoms with E-state index in [2.05, 4.69) is 15.2 Å². The van der Waals surface area contributed by atoms with Crippen LogP contribution in [0.3, 0.4) is 0 Å². The van der Waals surface area contributed by atoms with Gasteiger partial charge in [-0.05, 0) is 30.3 Å². The molecule has 3 N–H and O–H groups in total. The molecule has 0 amide bonds. The summed E-state index contributed by atoms with van der Waals surface area (Å²) < 4.78 is 39.0. The molecule has 35 heavy (non-hydrogen) atoms. The summed E-state index contributed by atoms with van der Waals surface area (Å²) in [6.45, 7) is -0.558. The van der Waals surface area contributed by atoms with Gasteiger partial charge in [0.2, 0.25) is 0 Å². The molecular weight excluding hydrogens is 480 g/mol. The summed E-state index contributed by atoms with van der Waals surface area (Å²) in [4.78, 5) is 20.9. The van der Waals surface area contributed by atoms with Gasteiger partial charge < -0.3 is 14.6 Å². The van der Waals surface area contributed by atoms with Crippen LogP contribution in [0, 0.1) is 10.1 Å². The summed E-state index contributed by atoms with van der Waals surface area (Å²) in [6.07, 6.45) is 1.29. The first-order valence-electron chi connectivity index (χ1n) is 9.88. The Kier molecular flexibility index (Phi) is 7.84. The third-order valence-electron chi connectivity index (χ3n) is 4.48. The average Bonchev–Trinajstić information content (AvgIpc) is 2.83. The highest BCUT2D eigenvalue weighted by Gasteiger charge is 2.23. The van der Waals surface area contributed by atoms with Crippen molar-refractivity contribution in [1.29, 1.82) is 0 Å². The number of rotatable bonds is 11. The molecule has 182 valence electrons. The zero-order chi connectivity index (χ0) is 25.4. The zero-order valence-electron chi connectivity index (χ0n) is 18.2. The molecule has 3 aromatic carbocycles. The van der Waals surface area contributed by atoms with Crippen molar-refractivity contribution in [1.82, 2.24) is 0 Å². The molecule has 12 nitrogen and oxygen atoms in total. The van der Waals surface area contributed by atoms with Crippen molar-refractivity contribution in [2.75, 3.05) is 23.9 Å². The second kappa shape index (κ2) is 11.0. The Hall–Kier alpha value is -4.65. The van der Waals surface area contributed by atoms with Gasteiger partial charge in [-0.25, -0.2) is 13.2 Å². The minimum absolute atomic E-state index is 0.0433. The van der Waals surface area contributed by atoms with Gasteiger partial charge in [0.25, 0.3) is 15.7 Å². The summed E-state index contributed by atoms with van der Waals surface area (Å²) in [6, 6.07) is 16.0. The van der Waals surface area contributed by atoms with Crippen molar-refractivity contribution in [3.63, 3.8) is 0 Å². The van der Waals surface area contributed by atoms with Crippen LogP contribution in [0.1, 0.15) is 5.56 Å². The maximum atomic E-state index is 13.1. The fourth-order valence-electron chi connectivity index (χ4n) is 2.90. The van der Waals surface area contributed by atoms with Gasteiger partial charge in [-0.15, -0.1) is 0 Å². The first-order valence-corrected chi connectivity index (χ1v) is 11.4. The van der Waals surface area contributed by atoms with Crippen LogP contribution < -0.4 is 19.6 Å². The number of nitrogens with one attached hydrogen (secondary N) is 2. The fourth-order valence-corrected chi connectivity index (χ4v) is 4.14. The van der Waals surface area contributed by atoms with Crippen molar-refractivity contribution >= 4 is 39.3 Å². The smallest absolute Gasteiger partial charge is 0.341 e. The summed E-state index contributed by atoms with van der Waals surface area (Å²) in [5, 5.41) is 24.1. The highest BCUT2D eigenvalue weighted by Crippen LogP contribution is 2.31. The molecule has 0 unspecified atom stereocenters. The number of hydrogen-bond acceptors (Lipinski definition) is 9. The number of aliphatic carboxylic acids is 1. The monoisotopic (exact) mass is 500 g/mol. The van der Waals surface area contributed by atoms with Gasteiger partial charge in [0.15, 0.2) is 6.61 Å². The molecule has 3 rings (SSSR count). The van der Waals surface area contributed by atoms with Gasteiger partial charge in [-0.1, -0.05) is 24.3 Å². The maximum Gasteiger partial charge on any atom is 0.341 e. The van der Waals surface area contributed by atoms with Crippen LogP contribution in [-0.4, -0.2) is 44.3 Å². The van der Waals surface area contributed by atoms with Gasteiger partial charge in [0.1, 0.15) is 16.4 Å². The van der Waals surface area contributed by atoms with Gasteiger partial charge in [0.05, 0.1) is 29.6 Å². The van der Waals surface area contributed by atoms with E-state index in [-0.39, 0.29) is 22.9 Å². The molecule has 0 saturated heterocycles. The number of carbonyl (C=O) groups is 1. The maximum absolute atomic E-state index is 13.1. The van der Waals surface area contributed by atoms with E-state index in [1.54, 1.807) is 42.5 Å². The number of anilines is 2. The van der Waals surface area contributed by atoms with E-state index in [0.717, 1.165) is 12.1 Å². The fraction of sp³-hybridized carbons (Fsp3) is 0.0909. The van der Waals surface area contributed by atoms with Crippen LogP contribution in [0.5, 0.6) is 11.5 Å². The Balaban J connectivity index is 1.93. The first kappa shape index (κ1) is 25.0. The number of nitro benzene ring substituents is 1. The lowest BCUT2D eigenvalue weighted by Gasteiger charge is -2.14. The lowest BCUT2D eigenvalue weighted by molar-refractivity contribution is -0.385. The Morgan fingerprint density at radius 3 is 2.46 bits per heavy atom. The molecule has 0 radical (unpaired) electrons. The van der Waals surface area contributed by atoms with Crippen molar-refractivity contribution in [3.05, 3.63) is 82.4 Å². The number of hydrogen-bond donors (Lipinski definition) is 3. The van der Waals surface area contributed by atoms with E-state index in [4.69, 9.17) is 14.6 Å². The van der Waals surface area contributed by atoms with Crippen molar-refractivity contribution in [3.8, 4) is 11.5 Å². The van der Waals surface area contributed by atoms with E-state index < -0.39 is 38.1 Å². The lowest BCUT2D eigenvalue weighted by atomic mass is 10.2. The molecule has 0 aromatic heterocycles. The van der Waals surface area contributed by atoms with Crippen LogP contribution in [0.25, 0.3) is 0 Å². The molecule has 0 spiro atoms. The van der Waals surface area contributed by atoms with Crippen molar-refractivity contribution in [2.24, 2.45) is 5.10 Å². The molecule has 0 heterocycles. The average molecular weight is 500 g/mol. The lowest BCUT2D eigenvalue weighted by Crippen LogP contribution is -2.15. The van der Waals surface area contributed by atoms with E-state index in [9.17, 15) is 23.3 Å². The van der Waals surface area contributed by atoms with Crippen LogP contribution in [-0.2, 0) is 14.8 Å². The molecule has 0 saturated carbocycles. The van der Waals surface area contributed by atoms with Crippen LogP contribution in [0.4, 0.5) is 17.1 Å². The predicted octanol–water partition coefficient (Wildman–Crippen LogP) is 3.31. The molecule has 0 bridgehead atoms. The Bertz CT molecular complexity index is 1380. The Morgan fingerprint density at radius 2 is 1.77 bits per heavy atom. The first-order chi connectivity index (χ1) is 16.7. The molecular formula is C22H20N4O8S. The van der Waals surface area contributed by atoms with E-state index in [1.165, 1.54) is 25.5 Å². The third-order valence-corrected chi connectivity index (χ3v) is 5.88. The van der Waals surface area contributed by atoms with Gasteiger partial charge in [-0.2, -0.15) is 5.10 Å². The van der Waals surface area contributed by atoms with E-state index >= 15 is 0 Å². The number of sulfonamides is 1. The van der Waals surface area contributed by atoms with Crippen molar-refractivity contribution in [2.45, 2.75) is 4.90 Å². The Morgan fingerprint density at radius 1 is 1.09 bits per heavy atom. The highest BCUT2D eigenvalue weighted by molar-refractivity contribution is 7.93. The number of carboxylic acids is 1. The second-order valence-corrected chi connectivity index (χ2v) is 8.48. The zero-order valence-corrected chi connectivity index (χ0v) is 19.1. The normalized spacial score (nSPS) is 11.1. The molecule has 13 heteroatoms. The topological polar surface area (TPSA) is 169 Å². The van der Waals surface area contributed by atoms with Gasteiger partial charge in [0, 0.05) is 17.7 Å². The number of benzene rings is 3. The standard InChI is InChI=1S/C22H20N4O8S/c1-33-20-9-5-3-7-17(20)25-35(31,32)21-12-16(26(29)30)10-11-18(21)24-23-13-15-6-2-4-8-19(15)34-14-22(27)28/h2-13,24-25H,14H2,1H3,(H,27,28)/b23-13+. The summed E-state index contributed by atoms with van der Waals surface area (Å²) in [7, 11) is -2.94. The number of para-hydroxylation sites is 3. The minimum atomic E-state index is -4.31. The summed E-state index contributed by atoms with van der Waals surface area (Å²) in [5.74, 6) is -0.653. The molecule has 3 aromatic rings. The van der Waals surface area contributed by atoms with E-state index in [1.807, 2.05) is 0 Å². The number of methoxy groups -OCH3 is 1. The molecule has 0 aliphatic carbocycles. The molecule has 0 atom stereocenters. The number of hydrazone groups is 1. The number of non-ortho nitro benzene ring substituents is 1. The number of nitrogens with zero attached hydrogens (tertiary/aromatic N) is 2. The van der Waals surface area contributed by atoms with Crippen LogP contribution >= 0.6 is 0 Å². The third kappa shape index (κ3) is 6.45. The van der Waals surface area contributed by atoms with Crippen LogP contribution in [0.15, 0.2) is 76.7 Å². The molecule has 0 aliphatic heterocycles. The van der Waals surface area contributed by atoms with E-state index in [0.29, 0.717) is 5.56 Å². The van der Waals surface area contributed by atoms with Gasteiger partial charge >= 0.3 is 5.97 Å². The second-order valence-electron chi connectivity index (χ2n) is 6.83. The Labute approximate surface area is 200 Å². The highest BCUT2D eigenvalue weighted by atomic mass is 32.2. The molecule has 0 aliphatic rings. The summed E-state index contributed by atoms with van der Waals surface area (Å²) >= 11 is 0.